The zero-order valence-corrected chi connectivity index (χ0v) is 20.3. The van der Waals surface area contributed by atoms with E-state index in [4.69, 9.17) is 5.73 Å². The summed E-state index contributed by atoms with van der Waals surface area (Å²) in [6, 6.07) is 1.33. The first-order chi connectivity index (χ1) is 15.1. The summed E-state index contributed by atoms with van der Waals surface area (Å²) in [4.78, 5) is 45.3. The van der Waals surface area contributed by atoms with E-state index in [1.807, 2.05) is 13.8 Å². The van der Waals surface area contributed by atoms with Crippen LogP contribution in [0.15, 0.2) is 9.59 Å². The normalized spacial score (nSPS) is 23.3. The SMILES string of the molecule is CC(C)Cn1c(N)c(C(=O)CN2CCN(CCN3C(C)CCC3C)CC2)c(=O)n(C)c1=O. The quantitative estimate of drug-likeness (QED) is 0.577. The van der Waals surface area contributed by atoms with Crippen LogP contribution >= 0.6 is 0 Å². The van der Waals surface area contributed by atoms with Crippen molar-refractivity contribution in [3.05, 3.63) is 26.4 Å². The summed E-state index contributed by atoms with van der Waals surface area (Å²) in [7, 11) is 1.40. The number of nitrogens with two attached hydrogens (primary N) is 1. The fraction of sp³-hybridized carbons (Fsp3) is 0.783. The lowest BCUT2D eigenvalue weighted by molar-refractivity contribution is 0.0819. The Bertz CT molecular complexity index is 919. The third kappa shape index (κ3) is 5.32. The van der Waals surface area contributed by atoms with Crippen molar-refractivity contribution >= 4 is 11.6 Å². The van der Waals surface area contributed by atoms with Gasteiger partial charge in [0.05, 0.1) is 6.54 Å². The zero-order valence-electron chi connectivity index (χ0n) is 20.3. The molecule has 1 aromatic rings. The van der Waals surface area contributed by atoms with Crippen molar-refractivity contribution in [1.29, 1.82) is 0 Å². The van der Waals surface area contributed by atoms with E-state index >= 15 is 0 Å². The number of anilines is 1. The minimum absolute atomic E-state index is 0.00992. The van der Waals surface area contributed by atoms with Crippen LogP contribution in [0, 0.1) is 5.92 Å². The van der Waals surface area contributed by atoms with Gasteiger partial charge in [0.15, 0.2) is 5.78 Å². The van der Waals surface area contributed by atoms with Gasteiger partial charge in [-0.15, -0.1) is 0 Å². The van der Waals surface area contributed by atoms with Crippen LogP contribution in [-0.2, 0) is 13.6 Å². The van der Waals surface area contributed by atoms with Crippen molar-refractivity contribution in [2.45, 2.75) is 59.2 Å². The lowest BCUT2D eigenvalue weighted by Gasteiger charge is -2.36. The number of rotatable bonds is 8. The number of likely N-dealkylation sites (tertiary alicyclic amines) is 1. The van der Waals surface area contributed by atoms with Gasteiger partial charge in [0.25, 0.3) is 5.56 Å². The van der Waals surface area contributed by atoms with Crippen molar-refractivity contribution in [2.75, 3.05) is 51.5 Å². The third-order valence-corrected chi connectivity index (χ3v) is 7.05. The highest BCUT2D eigenvalue weighted by atomic mass is 16.2. The summed E-state index contributed by atoms with van der Waals surface area (Å²) in [5.74, 6) is -0.159. The number of ketones is 1. The zero-order chi connectivity index (χ0) is 23.6. The molecule has 0 aromatic carbocycles. The van der Waals surface area contributed by atoms with Gasteiger partial charge in [-0.05, 0) is 32.6 Å². The Morgan fingerprint density at radius 2 is 1.56 bits per heavy atom. The van der Waals surface area contributed by atoms with Gasteiger partial charge >= 0.3 is 5.69 Å². The molecule has 32 heavy (non-hydrogen) atoms. The molecule has 2 N–H and O–H groups in total. The molecule has 9 nitrogen and oxygen atoms in total. The van der Waals surface area contributed by atoms with Crippen LogP contribution in [0.1, 0.15) is 50.9 Å². The number of aromatic nitrogens is 2. The van der Waals surface area contributed by atoms with E-state index in [9.17, 15) is 14.4 Å². The molecule has 2 fully saturated rings. The highest BCUT2D eigenvalue weighted by Gasteiger charge is 2.28. The van der Waals surface area contributed by atoms with Gasteiger partial charge in [-0.1, -0.05) is 13.8 Å². The van der Waals surface area contributed by atoms with Gasteiger partial charge in [-0.2, -0.15) is 0 Å². The molecule has 0 spiro atoms. The van der Waals surface area contributed by atoms with Crippen molar-refractivity contribution in [1.82, 2.24) is 23.8 Å². The molecule has 0 radical (unpaired) electrons. The summed E-state index contributed by atoms with van der Waals surface area (Å²) < 4.78 is 2.34. The minimum atomic E-state index is -0.606. The fourth-order valence-electron chi connectivity index (χ4n) is 4.99. The average Bonchev–Trinajstić information content (AvgIpc) is 3.06. The summed E-state index contributed by atoms with van der Waals surface area (Å²) in [5, 5.41) is 0. The molecule has 1 aromatic heterocycles. The molecule has 0 saturated carbocycles. The molecule has 2 aliphatic heterocycles. The number of Topliss-reactive ketones (excluding diaryl/α,β-unsaturated/α-hetero) is 1. The second-order valence-electron chi connectivity index (χ2n) is 9.97. The molecule has 2 saturated heterocycles. The predicted octanol–water partition coefficient (Wildman–Crippen LogP) is 0.458. The number of hydrogen-bond acceptors (Lipinski definition) is 7. The van der Waals surface area contributed by atoms with Crippen LogP contribution in [-0.4, -0.2) is 87.5 Å². The molecular weight excluding hydrogens is 408 g/mol. The van der Waals surface area contributed by atoms with Crippen LogP contribution in [0.3, 0.4) is 0 Å². The van der Waals surface area contributed by atoms with Gasteiger partial charge in [-0.3, -0.25) is 33.4 Å². The summed E-state index contributed by atoms with van der Waals surface area (Å²) >= 11 is 0. The molecular formula is C23H40N6O3. The van der Waals surface area contributed by atoms with Crippen LogP contribution in [0.25, 0.3) is 0 Å². The van der Waals surface area contributed by atoms with Gasteiger partial charge < -0.3 is 5.73 Å². The van der Waals surface area contributed by atoms with Crippen molar-refractivity contribution in [3.8, 4) is 0 Å². The van der Waals surface area contributed by atoms with Gasteiger partial charge in [0, 0.05) is 64.9 Å². The van der Waals surface area contributed by atoms with E-state index in [-0.39, 0.29) is 29.6 Å². The van der Waals surface area contributed by atoms with Crippen LogP contribution in [0.5, 0.6) is 0 Å². The Morgan fingerprint density at radius 1 is 1.00 bits per heavy atom. The Labute approximate surface area is 190 Å². The van der Waals surface area contributed by atoms with E-state index in [2.05, 4.69) is 28.5 Å². The summed E-state index contributed by atoms with van der Waals surface area (Å²) in [5.41, 5.74) is 5.00. The van der Waals surface area contributed by atoms with Crippen molar-refractivity contribution < 1.29 is 4.79 Å². The predicted molar refractivity (Wildman–Crippen MR) is 127 cm³/mol. The number of hydrogen-bond donors (Lipinski definition) is 1. The second kappa shape index (κ2) is 10.3. The molecule has 9 heteroatoms. The Hall–Kier alpha value is -1.97. The number of nitrogen functional groups attached to an aromatic ring is 1. The van der Waals surface area contributed by atoms with Gasteiger partial charge in [0.1, 0.15) is 11.4 Å². The molecule has 3 rings (SSSR count). The number of carbonyl (C=O) groups is 1. The van der Waals surface area contributed by atoms with Crippen LogP contribution < -0.4 is 17.0 Å². The number of piperazine rings is 1. The molecule has 0 aliphatic carbocycles. The first kappa shape index (κ1) is 24.7. The largest absolute Gasteiger partial charge is 0.384 e. The lowest BCUT2D eigenvalue weighted by Crippen LogP contribution is -2.51. The average molecular weight is 449 g/mol. The highest BCUT2D eigenvalue weighted by Crippen LogP contribution is 2.23. The maximum atomic E-state index is 13.0. The summed E-state index contributed by atoms with van der Waals surface area (Å²) in [6.45, 7) is 14.6. The Balaban J connectivity index is 1.60. The number of nitrogens with zero attached hydrogens (tertiary/aromatic N) is 5. The van der Waals surface area contributed by atoms with E-state index in [0.717, 1.165) is 43.8 Å². The lowest BCUT2D eigenvalue weighted by atomic mass is 10.1. The maximum Gasteiger partial charge on any atom is 0.332 e. The molecule has 2 aliphatic rings. The Kier molecular flexibility index (Phi) is 7.95. The molecule has 180 valence electrons. The second-order valence-corrected chi connectivity index (χ2v) is 9.97. The fourth-order valence-corrected chi connectivity index (χ4v) is 4.99. The van der Waals surface area contributed by atoms with E-state index < -0.39 is 11.2 Å². The van der Waals surface area contributed by atoms with E-state index in [0.29, 0.717) is 18.6 Å². The first-order valence-corrected chi connectivity index (χ1v) is 11.9. The first-order valence-electron chi connectivity index (χ1n) is 11.9. The summed E-state index contributed by atoms with van der Waals surface area (Å²) in [6.07, 6.45) is 2.56. The minimum Gasteiger partial charge on any atom is -0.384 e. The topological polar surface area (TPSA) is 96.8 Å². The van der Waals surface area contributed by atoms with E-state index in [1.165, 1.54) is 24.5 Å². The van der Waals surface area contributed by atoms with Crippen LogP contribution in [0.2, 0.25) is 0 Å². The molecule has 2 unspecified atom stereocenters. The van der Waals surface area contributed by atoms with Gasteiger partial charge in [0.2, 0.25) is 0 Å². The van der Waals surface area contributed by atoms with Gasteiger partial charge in [-0.25, -0.2) is 4.79 Å². The maximum absolute atomic E-state index is 13.0. The monoisotopic (exact) mass is 448 g/mol. The van der Waals surface area contributed by atoms with Crippen LogP contribution in [0.4, 0.5) is 5.82 Å². The Morgan fingerprint density at radius 3 is 2.12 bits per heavy atom. The van der Waals surface area contributed by atoms with Crippen molar-refractivity contribution in [3.63, 3.8) is 0 Å². The molecule has 0 bridgehead atoms. The molecule has 0 amide bonds. The highest BCUT2D eigenvalue weighted by molar-refractivity contribution is 6.01. The third-order valence-electron chi connectivity index (χ3n) is 7.05. The number of carbonyl (C=O) groups excluding carboxylic acids is 1. The molecule has 2 atom stereocenters. The standard InChI is InChI=1S/C23H40N6O3/c1-16(2)14-29-21(24)20(22(31)25(5)23(29)32)19(30)15-27-10-8-26(9-11-27)12-13-28-17(3)6-7-18(28)4/h16-18H,6-15,24H2,1-5H3. The smallest absolute Gasteiger partial charge is 0.332 e. The molecule has 3 heterocycles. The van der Waals surface area contributed by atoms with Crippen molar-refractivity contribution in [2.24, 2.45) is 13.0 Å². The van der Waals surface area contributed by atoms with E-state index in [1.54, 1.807) is 0 Å².